The van der Waals surface area contributed by atoms with Gasteiger partial charge < -0.3 is 13.9 Å². The van der Waals surface area contributed by atoms with Crippen molar-refractivity contribution in [3.8, 4) is 17.2 Å². The standard InChI is InChI=1S/C24H29NO4SSi/c1-24(2,3)31(6,7)29-20-15-16(23(26)30-21-10-8-9-13-25-21)14-17-18(27-4)11-12-19(28-5)22(17)20/h8-15H,1-7H3. The summed E-state index contributed by atoms with van der Waals surface area (Å²) in [7, 11) is 1.07. The van der Waals surface area contributed by atoms with Crippen LogP contribution in [0, 0.1) is 0 Å². The van der Waals surface area contributed by atoms with Crippen molar-refractivity contribution in [3.63, 3.8) is 0 Å². The Morgan fingerprint density at radius 2 is 1.65 bits per heavy atom. The third-order valence-electron chi connectivity index (χ3n) is 5.68. The molecule has 0 unspecified atom stereocenters. The minimum atomic E-state index is -2.18. The van der Waals surface area contributed by atoms with Crippen LogP contribution >= 0.6 is 11.8 Å². The van der Waals surface area contributed by atoms with E-state index in [1.807, 2.05) is 42.5 Å². The predicted molar refractivity (Wildman–Crippen MR) is 129 cm³/mol. The fraction of sp³-hybridized carbons (Fsp3) is 0.333. The molecule has 0 radical (unpaired) electrons. The summed E-state index contributed by atoms with van der Waals surface area (Å²) in [5.41, 5.74) is 0.531. The summed E-state index contributed by atoms with van der Waals surface area (Å²) >= 11 is 1.09. The largest absolute Gasteiger partial charge is 0.543 e. The molecule has 0 spiro atoms. The van der Waals surface area contributed by atoms with Gasteiger partial charge in [-0.1, -0.05) is 26.8 Å². The molecular formula is C24H29NO4SSi. The highest BCUT2D eigenvalue weighted by Crippen LogP contribution is 2.44. The number of hydrogen-bond acceptors (Lipinski definition) is 6. The number of rotatable bonds is 6. The number of pyridine rings is 1. The van der Waals surface area contributed by atoms with E-state index in [-0.39, 0.29) is 10.2 Å². The van der Waals surface area contributed by atoms with Gasteiger partial charge in [0.1, 0.15) is 22.3 Å². The average Bonchev–Trinajstić information content (AvgIpc) is 2.72. The lowest BCUT2D eigenvalue weighted by Crippen LogP contribution is -2.43. The van der Waals surface area contributed by atoms with Crippen LogP contribution in [0.5, 0.6) is 17.2 Å². The summed E-state index contributed by atoms with van der Waals surface area (Å²) in [6.07, 6.45) is 1.68. The van der Waals surface area contributed by atoms with Crippen LogP contribution < -0.4 is 13.9 Å². The first kappa shape index (κ1) is 23.2. The van der Waals surface area contributed by atoms with E-state index in [1.54, 1.807) is 20.4 Å². The van der Waals surface area contributed by atoms with Crippen molar-refractivity contribution >= 4 is 36.0 Å². The molecule has 1 heterocycles. The summed E-state index contributed by atoms with van der Waals surface area (Å²) in [5.74, 6) is 1.99. The number of thioether (sulfide) groups is 1. The lowest BCUT2D eigenvalue weighted by Gasteiger charge is -2.37. The SMILES string of the molecule is COc1ccc(OC)c2c(O[Si](C)(C)C(C)(C)C)cc(C(=O)Sc3ccccn3)cc12. The Hall–Kier alpha value is -2.51. The molecule has 3 rings (SSSR count). The second-order valence-corrected chi connectivity index (χ2v) is 14.5. The first-order valence-electron chi connectivity index (χ1n) is 10.1. The van der Waals surface area contributed by atoms with E-state index >= 15 is 0 Å². The molecule has 0 saturated heterocycles. The van der Waals surface area contributed by atoms with Gasteiger partial charge in [-0.05, 0) is 66.3 Å². The normalized spacial score (nSPS) is 12.0. The van der Waals surface area contributed by atoms with E-state index in [4.69, 9.17) is 13.9 Å². The molecule has 164 valence electrons. The number of carbonyl (C=O) groups is 1. The average molecular weight is 456 g/mol. The number of carbonyl (C=O) groups excluding carboxylic acids is 1. The van der Waals surface area contributed by atoms with Crippen LogP contribution in [-0.4, -0.2) is 32.6 Å². The van der Waals surface area contributed by atoms with Gasteiger partial charge in [0.25, 0.3) is 8.32 Å². The van der Waals surface area contributed by atoms with Crippen molar-refractivity contribution in [1.82, 2.24) is 4.98 Å². The minimum Gasteiger partial charge on any atom is -0.543 e. The van der Waals surface area contributed by atoms with E-state index in [1.165, 1.54) is 0 Å². The molecule has 5 nitrogen and oxygen atoms in total. The molecule has 0 aliphatic rings. The van der Waals surface area contributed by atoms with Gasteiger partial charge in [0.05, 0.1) is 19.6 Å². The van der Waals surface area contributed by atoms with Crippen LogP contribution in [0.25, 0.3) is 10.8 Å². The fourth-order valence-electron chi connectivity index (χ4n) is 2.92. The third-order valence-corrected chi connectivity index (χ3v) is 10.9. The van der Waals surface area contributed by atoms with Crippen LogP contribution in [0.2, 0.25) is 18.1 Å². The van der Waals surface area contributed by atoms with E-state index in [0.29, 0.717) is 27.8 Å². The van der Waals surface area contributed by atoms with Crippen molar-refractivity contribution < 1.29 is 18.7 Å². The lowest BCUT2D eigenvalue weighted by atomic mass is 10.0. The zero-order valence-corrected chi connectivity index (χ0v) is 20.9. The van der Waals surface area contributed by atoms with Gasteiger partial charge in [-0.25, -0.2) is 4.98 Å². The molecular weight excluding hydrogens is 426 g/mol. The predicted octanol–water partition coefficient (Wildman–Crippen LogP) is 6.57. The molecule has 0 saturated carbocycles. The second kappa shape index (κ2) is 8.92. The number of methoxy groups -OCH3 is 2. The summed E-state index contributed by atoms with van der Waals surface area (Å²) in [5, 5.41) is 2.13. The number of fused-ring (bicyclic) bond motifs is 1. The monoisotopic (exact) mass is 455 g/mol. The summed E-state index contributed by atoms with van der Waals surface area (Å²) < 4.78 is 17.9. The Balaban J connectivity index is 2.20. The van der Waals surface area contributed by atoms with Crippen molar-refractivity contribution in [1.29, 1.82) is 0 Å². The molecule has 0 atom stereocenters. The van der Waals surface area contributed by atoms with E-state index < -0.39 is 8.32 Å². The Morgan fingerprint density at radius 3 is 2.23 bits per heavy atom. The van der Waals surface area contributed by atoms with Crippen molar-refractivity contribution in [2.24, 2.45) is 0 Å². The molecule has 0 amide bonds. The molecule has 0 aliphatic carbocycles. The zero-order chi connectivity index (χ0) is 22.8. The molecule has 0 bridgehead atoms. The summed E-state index contributed by atoms with van der Waals surface area (Å²) in [4.78, 5) is 17.4. The molecule has 0 aliphatic heterocycles. The maximum Gasteiger partial charge on any atom is 0.250 e. The van der Waals surface area contributed by atoms with Gasteiger partial charge in [-0.3, -0.25) is 4.79 Å². The van der Waals surface area contributed by atoms with Crippen LogP contribution in [0.15, 0.2) is 53.7 Å². The highest BCUT2D eigenvalue weighted by Gasteiger charge is 2.39. The minimum absolute atomic E-state index is 0.00581. The maximum atomic E-state index is 13.1. The summed E-state index contributed by atoms with van der Waals surface area (Å²) in [6.45, 7) is 10.9. The van der Waals surface area contributed by atoms with Gasteiger partial charge in [-0.2, -0.15) is 0 Å². The van der Waals surface area contributed by atoms with E-state index in [2.05, 4.69) is 38.8 Å². The van der Waals surface area contributed by atoms with Crippen LogP contribution in [0.4, 0.5) is 0 Å². The zero-order valence-electron chi connectivity index (χ0n) is 19.1. The highest BCUT2D eigenvalue weighted by atomic mass is 32.2. The Bertz CT molecular complexity index is 1090. The van der Waals surface area contributed by atoms with E-state index in [0.717, 1.165) is 22.5 Å². The quantitative estimate of drug-likeness (QED) is 0.309. The van der Waals surface area contributed by atoms with Gasteiger partial charge >= 0.3 is 0 Å². The summed E-state index contributed by atoms with van der Waals surface area (Å²) in [6, 6.07) is 12.9. The molecule has 7 heteroatoms. The van der Waals surface area contributed by atoms with E-state index in [9.17, 15) is 4.79 Å². The fourth-order valence-corrected chi connectivity index (χ4v) is 4.63. The molecule has 31 heavy (non-hydrogen) atoms. The van der Waals surface area contributed by atoms with Gasteiger partial charge in [-0.15, -0.1) is 0 Å². The molecule has 0 N–H and O–H groups in total. The maximum absolute atomic E-state index is 13.1. The number of benzene rings is 2. The molecule has 1 aromatic heterocycles. The van der Waals surface area contributed by atoms with Crippen molar-refractivity contribution in [2.45, 2.75) is 43.9 Å². The van der Waals surface area contributed by atoms with Gasteiger partial charge in [0, 0.05) is 17.1 Å². The van der Waals surface area contributed by atoms with Crippen molar-refractivity contribution in [2.75, 3.05) is 14.2 Å². The first-order valence-corrected chi connectivity index (χ1v) is 13.8. The van der Waals surface area contributed by atoms with Crippen LogP contribution in [-0.2, 0) is 0 Å². The topological polar surface area (TPSA) is 57.7 Å². The van der Waals surface area contributed by atoms with Gasteiger partial charge in [0.2, 0.25) is 5.12 Å². The smallest absolute Gasteiger partial charge is 0.250 e. The highest BCUT2D eigenvalue weighted by molar-refractivity contribution is 8.14. The van der Waals surface area contributed by atoms with Crippen LogP contribution in [0.3, 0.4) is 0 Å². The van der Waals surface area contributed by atoms with Gasteiger partial charge in [0.15, 0.2) is 0 Å². The second-order valence-electron chi connectivity index (χ2n) is 8.79. The lowest BCUT2D eigenvalue weighted by molar-refractivity contribution is 0.108. The molecule has 2 aromatic carbocycles. The third kappa shape index (κ3) is 4.88. The number of ether oxygens (including phenoxy) is 2. The Morgan fingerprint density at radius 1 is 0.968 bits per heavy atom. The Labute approximate surface area is 189 Å². The van der Waals surface area contributed by atoms with Crippen LogP contribution in [0.1, 0.15) is 31.1 Å². The number of nitrogens with zero attached hydrogens (tertiary/aromatic N) is 1. The van der Waals surface area contributed by atoms with Crippen molar-refractivity contribution in [3.05, 3.63) is 54.2 Å². The Kier molecular flexibility index (Phi) is 6.67. The molecule has 0 fully saturated rings. The molecule has 3 aromatic rings. The number of hydrogen-bond donors (Lipinski definition) is 0. The number of aromatic nitrogens is 1. The first-order chi connectivity index (χ1) is 14.6.